The van der Waals surface area contributed by atoms with Gasteiger partial charge in [-0.05, 0) is 24.1 Å². The number of anilines is 1. The summed E-state index contributed by atoms with van der Waals surface area (Å²) in [4.78, 5) is 10.4. The van der Waals surface area contributed by atoms with Crippen LogP contribution in [0.3, 0.4) is 0 Å². The zero-order chi connectivity index (χ0) is 16.2. The Labute approximate surface area is 124 Å². The van der Waals surface area contributed by atoms with Crippen LogP contribution in [0.5, 0.6) is 0 Å². The third-order valence-electron chi connectivity index (χ3n) is 2.91. The molecule has 0 aliphatic heterocycles. The standard InChI is InChI=1S/C13H20FN3O3S/c1-8(2)12(15)7-16-21(19,20)13-5-4-10(6-11(13)14)17-9(3)18/h4-6,8,12,16H,7,15H2,1-3H3,(H,17,18). The largest absolute Gasteiger partial charge is 0.326 e. The Morgan fingerprint density at radius 3 is 2.48 bits per heavy atom. The third kappa shape index (κ3) is 5.07. The molecule has 118 valence electrons. The topological polar surface area (TPSA) is 101 Å². The second-order valence-corrected chi connectivity index (χ2v) is 6.82. The Morgan fingerprint density at radius 2 is 2.00 bits per heavy atom. The van der Waals surface area contributed by atoms with Crippen LogP contribution in [-0.4, -0.2) is 26.9 Å². The van der Waals surface area contributed by atoms with Gasteiger partial charge in [-0.3, -0.25) is 4.79 Å². The number of halogens is 1. The Balaban J connectivity index is 2.91. The lowest BCUT2D eigenvalue weighted by Gasteiger charge is -2.16. The molecule has 4 N–H and O–H groups in total. The van der Waals surface area contributed by atoms with Crippen molar-refractivity contribution in [3.63, 3.8) is 0 Å². The summed E-state index contributed by atoms with van der Waals surface area (Å²) in [7, 11) is -3.98. The van der Waals surface area contributed by atoms with Crippen molar-refractivity contribution in [1.82, 2.24) is 4.72 Å². The van der Waals surface area contributed by atoms with E-state index < -0.39 is 20.7 Å². The number of nitrogens with two attached hydrogens (primary N) is 1. The molecule has 0 radical (unpaired) electrons. The van der Waals surface area contributed by atoms with E-state index in [1.807, 2.05) is 13.8 Å². The highest BCUT2D eigenvalue weighted by molar-refractivity contribution is 7.89. The van der Waals surface area contributed by atoms with Gasteiger partial charge in [0, 0.05) is 25.2 Å². The molecule has 1 aromatic carbocycles. The highest BCUT2D eigenvalue weighted by Crippen LogP contribution is 2.19. The van der Waals surface area contributed by atoms with Crippen LogP contribution >= 0.6 is 0 Å². The molecule has 0 fully saturated rings. The fourth-order valence-corrected chi connectivity index (χ4v) is 2.65. The van der Waals surface area contributed by atoms with Crippen molar-refractivity contribution in [3.05, 3.63) is 24.0 Å². The van der Waals surface area contributed by atoms with Crippen LogP contribution in [0.4, 0.5) is 10.1 Å². The first-order valence-corrected chi connectivity index (χ1v) is 7.94. The normalized spacial score (nSPS) is 13.2. The van der Waals surface area contributed by atoms with E-state index >= 15 is 0 Å². The second-order valence-electron chi connectivity index (χ2n) is 5.09. The average molecular weight is 317 g/mol. The maximum Gasteiger partial charge on any atom is 0.243 e. The summed E-state index contributed by atoms with van der Waals surface area (Å²) in [6, 6.07) is 3.02. The molecule has 1 atom stereocenters. The number of rotatable bonds is 6. The lowest BCUT2D eigenvalue weighted by atomic mass is 10.1. The first kappa shape index (κ1) is 17.5. The second kappa shape index (κ2) is 6.97. The van der Waals surface area contributed by atoms with Crippen LogP contribution in [0.1, 0.15) is 20.8 Å². The zero-order valence-electron chi connectivity index (χ0n) is 12.2. The third-order valence-corrected chi connectivity index (χ3v) is 4.36. The molecular formula is C13H20FN3O3S. The molecule has 1 rings (SSSR count). The van der Waals surface area contributed by atoms with Crippen LogP contribution in [0.25, 0.3) is 0 Å². The van der Waals surface area contributed by atoms with E-state index in [0.29, 0.717) is 0 Å². The average Bonchev–Trinajstić information content (AvgIpc) is 2.34. The molecule has 0 aliphatic carbocycles. The fourth-order valence-electron chi connectivity index (χ4n) is 1.52. The lowest BCUT2D eigenvalue weighted by Crippen LogP contribution is -2.40. The van der Waals surface area contributed by atoms with Crippen molar-refractivity contribution in [1.29, 1.82) is 0 Å². The van der Waals surface area contributed by atoms with Crippen molar-refractivity contribution < 1.29 is 17.6 Å². The number of nitrogens with one attached hydrogen (secondary N) is 2. The molecule has 8 heteroatoms. The first-order valence-electron chi connectivity index (χ1n) is 6.46. The van der Waals surface area contributed by atoms with Gasteiger partial charge in [-0.1, -0.05) is 13.8 Å². The molecule has 0 heterocycles. The Morgan fingerprint density at radius 1 is 1.38 bits per heavy atom. The number of hydrogen-bond acceptors (Lipinski definition) is 4. The molecule has 1 amide bonds. The van der Waals surface area contributed by atoms with Crippen molar-refractivity contribution >= 4 is 21.6 Å². The quantitative estimate of drug-likeness (QED) is 0.730. The zero-order valence-corrected chi connectivity index (χ0v) is 13.0. The summed E-state index contributed by atoms with van der Waals surface area (Å²) in [5.41, 5.74) is 5.94. The van der Waals surface area contributed by atoms with Gasteiger partial charge in [-0.2, -0.15) is 0 Å². The van der Waals surface area contributed by atoms with E-state index in [-0.39, 0.29) is 30.1 Å². The summed E-state index contributed by atoms with van der Waals surface area (Å²) in [5, 5.41) is 2.38. The Bertz CT molecular complexity index is 617. The molecule has 0 aromatic heterocycles. The molecule has 0 saturated carbocycles. The number of sulfonamides is 1. The summed E-state index contributed by atoms with van der Waals surface area (Å²) >= 11 is 0. The van der Waals surface area contributed by atoms with Gasteiger partial charge in [0.05, 0.1) is 0 Å². The molecule has 0 bridgehead atoms. The predicted octanol–water partition coefficient (Wildman–Crippen LogP) is 1.05. The van der Waals surface area contributed by atoms with Gasteiger partial charge in [0.25, 0.3) is 0 Å². The number of hydrogen-bond donors (Lipinski definition) is 3. The number of carbonyl (C=O) groups excluding carboxylic acids is 1. The number of carbonyl (C=O) groups is 1. The van der Waals surface area contributed by atoms with Gasteiger partial charge in [0.1, 0.15) is 10.7 Å². The van der Waals surface area contributed by atoms with E-state index in [1.165, 1.54) is 13.0 Å². The maximum absolute atomic E-state index is 13.9. The SMILES string of the molecule is CC(=O)Nc1ccc(S(=O)(=O)NCC(N)C(C)C)c(F)c1. The van der Waals surface area contributed by atoms with Crippen molar-refractivity contribution in [3.8, 4) is 0 Å². The van der Waals surface area contributed by atoms with Crippen LogP contribution in [-0.2, 0) is 14.8 Å². The highest BCUT2D eigenvalue weighted by Gasteiger charge is 2.21. The van der Waals surface area contributed by atoms with Crippen LogP contribution in [0, 0.1) is 11.7 Å². The van der Waals surface area contributed by atoms with Crippen LogP contribution < -0.4 is 15.8 Å². The van der Waals surface area contributed by atoms with Gasteiger partial charge >= 0.3 is 0 Å². The van der Waals surface area contributed by atoms with Gasteiger partial charge < -0.3 is 11.1 Å². The van der Waals surface area contributed by atoms with Crippen LogP contribution in [0.2, 0.25) is 0 Å². The van der Waals surface area contributed by atoms with E-state index in [9.17, 15) is 17.6 Å². The van der Waals surface area contributed by atoms with E-state index in [1.54, 1.807) is 0 Å². The predicted molar refractivity (Wildman–Crippen MR) is 78.7 cm³/mol. The van der Waals surface area contributed by atoms with Crippen LogP contribution in [0.15, 0.2) is 23.1 Å². The summed E-state index contributed by atoms with van der Waals surface area (Å²) in [6.07, 6.45) is 0. The Kier molecular flexibility index (Phi) is 5.82. The summed E-state index contributed by atoms with van der Waals surface area (Å²) in [5.74, 6) is -1.21. The van der Waals surface area contributed by atoms with Gasteiger partial charge in [0.2, 0.25) is 15.9 Å². The lowest BCUT2D eigenvalue weighted by molar-refractivity contribution is -0.114. The van der Waals surface area contributed by atoms with Gasteiger partial charge in [0.15, 0.2) is 0 Å². The summed E-state index contributed by atoms with van der Waals surface area (Å²) in [6.45, 7) is 5.02. The van der Waals surface area contributed by atoms with E-state index in [2.05, 4.69) is 10.0 Å². The minimum absolute atomic E-state index is 0.0207. The molecule has 21 heavy (non-hydrogen) atoms. The monoisotopic (exact) mass is 317 g/mol. The van der Waals surface area contributed by atoms with E-state index in [4.69, 9.17) is 5.73 Å². The highest BCUT2D eigenvalue weighted by atomic mass is 32.2. The molecule has 1 aromatic rings. The van der Waals surface area contributed by atoms with Gasteiger partial charge in [-0.25, -0.2) is 17.5 Å². The molecule has 1 unspecified atom stereocenters. The van der Waals surface area contributed by atoms with Crippen molar-refractivity contribution in [2.45, 2.75) is 31.7 Å². The summed E-state index contributed by atoms with van der Waals surface area (Å²) < 4.78 is 40.2. The maximum atomic E-state index is 13.9. The Hall–Kier alpha value is -1.51. The molecule has 0 aliphatic rings. The fraction of sp³-hybridized carbons (Fsp3) is 0.462. The first-order chi connectivity index (χ1) is 9.63. The van der Waals surface area contributed by atoms with E-state index in [0.717, 1.165) is 12.1 Å². The minimum atomic E-state index is -3.98. The molecule has 0 saturated heterocycles. The molecule has 0 spiro atoms. The molecule has 6 nitrogen and oxygen atoms in total. The number of benzene rings is 1. The molecular weight excluding hydrogens is 297 g/mol. The smallest absolute Gasteiger partial charge is 0.243 e. The van der Waals surface area contributed by atoms with Crippen molar-refractivity contribution in [2.75, 3.05) is 11.9 Å². The van der Waals surface area contributed by atoms with Crippen molar-refractivity contribution in [2.24, 2.45) is 11.7 Å². The van der Waals surface area contributed by atoms with Gasteiger partial charge in [-0.15, -0.1) is 0 Å². The minimum Gasteiger partial charge on any atom is -0.326 e. The number of amides is 1.